The summed E-state index contributed by atoms with van der Waals surface area (Å²) < 4.78 is 0. The average Bonchev–Trinajstić information content (AvgIpc) is 3.17. The molecule has 1 fully saturated rings. The Balaban J connectivity index is 1.68. The monoisotopic (exact) mass is 287 g/mol. The lowest BCUT2D eigenvalue weighted by atomic mass is 10.1. The minimum atomic E-state index is -0.867. The topological polar surface area (TPSA) is 40.5 Å². The second kappa shape index (κ2) is 5.77. The summed E-state index contributed by atoms with van der Waals surface area (Å²) in [6, 6.07) is 10.1. The highest BCUT2D eigenvalue weighted by atomic mass is 32.1. The van der Waals surface area contributed by atoms with Crippen molar-refractivity contribution in [2.24, 2.45) is 0 Å². The second-order valence-corrected chi connectivity index (χ2v) is 6.05. The highest BCUT2D eigenvalue weighted by Crippen LogP contribution is 2.30. The first-order valence-electron chi connectivity index (χ1n) is 6.80. The van der Waals surface area contributed by atoms with E-state index in [1.165, 1.54) is 24.0 Å². The Morgan fingerprint density at radius 2 is 1.85 bits per heavy atom. The largest absolute Gasteiger partial charge is 0.478 e. The summed E-state index contributed by atoms with van der Waals surface area (Å²) >= 11 is 1.73. The van der Waals surface area contributed by atoms with E-state index in [2.05, 4.69) is 21.7 Å². The van der Waals surface area contributed by atoms with E-state index >= 15 is 0 Å². The Labute approximate surface area is 122 Å². The first-order valence-corrected chi connectivity index (χ1v) is 7.74. The number of hydrogen-bond acceptors (Lipinski definition) is 3. The van der Waals surface area contributed by atoms with Gasteiger partial charge in [0.2, 0.25) is 0 Å². The number of rotatable bonds is 6. The van der Waals surface area contributed by atoms with Gasteiger partial charge in [0.05, 0.1) is 5.56 Å². The van der Waals surface area contributed by atoms with Crippen LogP contribution in [0.5, 0.6) is 0 Å². The van der Waals surface area contributed by atoms with Crippen LogP contribution in [0.4, 0.5) is 0 Å². The van der Waals surface area contributed by atoms with Crippen LogP contribution in [0, 0.1) is 0 Å². The molecule has 1 N–H and O–H groups in total. The van der Waals surface area contributed by atoms with Gasteiger partial charge in [-0.2, -0.15) is 11.3 Å². The molecule has 0 aliphatic heterocycles. The summed E-state index contributed by atoms with van der Waals surface area (Å²) in [4.78, 5) is 13.3. The third-order valence-electron chi connectivity index (χ3n) is 3.62. The Hall–Kier alpha value is -1.65. The quantitative estimate of drug-likeness (QED) is 0.882. The molecule has 1 saturated carbocycles. The first-order chi connectivity index (χ1) is 9.72. The maximum absolute atomic E-state index is 10.9. The zero-order valence-corrected chi connectivity index (χ0v) is 12.0. The molecule has 1 aromatic heterocycles. The molecule has 1 heterocycles. The van der Waals surface area contributed by atoms with Gasteiger partial charge in [0.15, 0.2) is 0 Å². The molecule has 1 aliphatic carbocycles. The highest BCUT2D eigenvalue weighted by molar-refractivity contribution is 7.07. The molecule has 3 nitrogen and oxygen atoms in total. The molecule has 0 unspecified atom stereocenters. The average molecular weight is 287 g/mol. The van der Waals surface area contributed by atoms with E-state index < -0.39 is 5.97 Å². The standard InChI is InChI=1S/C16H17NO2S/c18-16(19)14-3-1-12(2-4-14)9-17(15-5-6-15)10-13-7-8-20-11-13/h1-4,7-8,11,15H,5-6,9-10H2,(H,18,19). The van der Waals surface area contributed by atoms with Crippen molar-refractivity contribution in [3.05, 3.63) is 57.8 Å². The SMILES string of the molecule is O=C(O)c1ccc(CN(Cc2ccsc2)C2CC2)cc1. The number of carboxylic acid groups (broad SMARTS) is 1. The van der Waals surface area contributed by atoms with E-state index in [0.717, 1.165) is 13.1 Å². The van der Waals surface area contributed by atoms with Crippen LogP contribution in [0.2, 0.25) is 0 Å². The molecule has 0 saturated heterocycles. The molecule has 0 spiro atoms. The summed E-state index contributed by atoms with van der Waals surface area (Å²) in [5.41, 5.74) is 2.89. The molecule has 1 aromatic carbocycles. The van der Waals surface area contributed by atoms with Crippen LogP contribution >= 0.6 is 11.3 Å². The molecule has 4 heteroatoms. The van der Waals surface area contributed by atoms with Crippen molar-refractivity contribution >= 4 is 17.3 Å². The van der Waals surface area contributed by atoms with Crippen molar-refractivity contribution in [2.45, 2.75) is 32.0 Å². The van der Waals surface area contributed by atoms with Gasteiger partial charge >= 0.3 is 5.97 Å². The summed E-state index contributed by atoms with van der Waals surface area (Å²) in [5, 5.41) is 13.2. The van der Waals surface area contributed by atoms with Gasteiger partial charge in [-0.3, -0.25) is 4.90 Å². The summed E-state index contributed by atoms with van der Waals surface area (Å²) in [5.74, 6) is -0.867. The van der Waals surface area contributed by atoms with E-state index in [9.17, 15) is 4.79 Å². The Kier molecular flexibility index (Phi) is 3.85. The number of aromatic carboxylic acids is 1. The smallest absolute Gasteiger partial charge is 0.335 e. The van der Waals surface area contributed by atoms with Crippen molar-refractivity contribution in [1.82, 2.24) is 4.90 Å². The summed E-state index contributed by atoms with van der Waals surface area (Å²) in [6.07, 6.45) is 2.55. The van der Waals surface area contributed by atoms with Crippen molar-refractivity contribution < 1.29 is 9.90 Å². The number of carbonyl (C=O) groups is 1. The number of hydrogen-bond donors (Lipinski definition) is 1. The minimum absolute atomic E-state index is 0.351. The molecule has 0 radical (unpaired) electrons. The van der Waals surface area contributed by atoms with Crippen LogP contribution in [0.15, 0.2) is 41.1 Å². The number of benzene rings is 1. The van der Waals surface area contributed by atoms with Gasteiger partial charge in [0, 0.05) is 19.1 Å². The van der Waals surface area contributed by atoms with Gasteiger partial charge in [-0.1, -0.05) is 12.1 Å². The van der Waals surface area contributed by atoms with Gasteiger partial charge in [-0.15, -0.1) is 0 Å². The normalized spacial score (nSPS) is 14.7. The van der Waals surface area contributed by atoms with Crippen LogP contribution < -0.4 is 0 Å². The van der Waals surface area contributed by atoms with Crippen LogP contribution in [-0.4, -0.2) is 22.0 Å². The van der Waals surface area contributed by atoms with Gasteiger partial charge < -0.3 is 5.11 Å². The van der Waals surface area contributed by atoms with Crippen molar-refractivity contribution in [1.29, 1.82) is 0 Å². The summed E-state index contributed by atoms with van der Waals surface area (Å²) in [6.45, 7) is 1.87. The second-order valence-electron chi connectivity index (χ2n) is 5.27. The van der Waals surface area contributed by atoms with Gasteiger partial charge in [0.1, 0.15) is 0 Å². The zero-order valence-electron chi connectivity index (χ0n) is 11.2. The van der Waals surface area contributed by atoms with Crippen LogP contribution in [0.3, 0.4) is 0 Å². The number of thiophene rings is 1. The van der Waals surface area contributed by atoms with E-state index in [1.807, 2.05) is 12.1 Å². The molecule has 20 heavy (non-hydrogen) atoms. The van der Waals surface area contributed by atoms with Crippen molar-refractivity contribution in [3.8, 4) is 0 Å². The third-order valence-corrected chi connectivity index (χ3v) is 4.35. The van der Waals surface area contributed by atoms with Crippen LogP contribution in [0.25, 0.3) is 0 Å². The molecular weight excluding hydrogens is 270 g/mol. The molecule has 2 aromatic rings. The van der Waals surface area contributed by atoms with Crippen LogP contribution in [0.1, 0.15) is 34.3 Å². The van der Waals surface area contributed by atoms with Crippen LogP contribution in [-0.2, 0) is 13.1 Å². The number of nitrogens with zero attached hydrogens (tertiary/aromatic N) is 1. The van der Waals surface area contributed by atoms with E-state index in [-0.39, 0.29) is 0 Å². The predicted molar refractivity (Wildman–Crippen MR) is 80.0 cm³/mol. The Morgan fingerprint density at radius 1 is 1.15 bits per heavy atom. The minimum Gasteiger partial charge on any atom is -0.478 e. The molecule has 0 bridgehead atoms. The predicted octanol–water partition coefficient (Wildman–Crippen LogP) is 3.61. The fourth-order valence-corrected chi connectivity index (χ4v) is 3.02. The van der Waals surface area contributed by atoms with E-state index in [1.54, 1.807) is 23.5 Å². The highest BCUT2D eigenvalue weighted by Gasteiger charge is 2.28. The first kappa shape index (κ1) is 13.3. The van der Waals surface area contributed by atoms with E-state index in [4.69, 9.17) is 5.11 Å². The molecule has 1 aliphatic rings. The van der Waals surface area contributed by atoms with E-state index in [0.29, 0.717) is 11.6 Å². The third kappa shape index (κ3) is 3.26. The fraction of sp³-hybridized carbons (Fsp3) is 0.312. The Morgan fingerprint density at radius 3 is 2.40 bits per heavy atom. The van der Waals surface area contributed by atoms with Gasteiger partial charge in [-0.25, -0.2) is 4.79 Å². The molecular formula is C16H17NO2S. The molecule has 0 amide bonds. The fourth-order valence-electron chi connectivity index (χ4n) is 2.36. The summed E-state index contributed by atoms with van der Waals surface area (Å²) in [7, 11) is 0. The molecule has 0 atom stereocenters. The van der Waals surface area contributed by atoms with Crippen molar-refractivity contribution in [3.63, 3.8) is 0 Å². The molecule has 3 rings (SSSR count). The lowest BCUT2D eigenvalue weighted by Crippen LogP contribution is -2.24. The Bertz CT molecular complexity index is 573. The zero-order chi connectivity index (χ0) is 13.9. The van der Waals surface area contributed by atoms with Crippen molar-refractivity contribution in [2.75, 3.05) is 0 Å². The molecule has 104 valence electrons. The maximum atomic E-state index is 10.9. The number of carboxylic acids is 1. The van der Waals surface area contributed by atoms with Gasteiger partial charge in [0.25, 0.3) is 0 Å². The maximum Gasteiger partial charge on any atom is 0.335 e. The lowest BCUT2D eigenvalue weighted by molar-refractivity contribution is 0.0697. The van der Waals surface area contributed by atoms with Gasteiger partial charge in [-0.05, 0) is 52.9 Å². The lowest BCUT2D eigenvalue weighted by Gasteiger charge is -2.21.